The van der Waals surface area contributed by atoms with Crippen molar-refractivity contribution in [3.63, 3.8) is 0 Å². The minimum absolute atomic E-state index is 0.504. The quantitative estimate of drug-likeness (QED) is 0.266. The summed E-state index contributed by atoms with van der Waals surface area (Å²) in [4.78, 5) is 18.8. The molecule has 0 spiro atoms. The van der Waals surface area contributed by atoms with Crippen LogP contribution in [0.4, 0.5) is 11.5 Å². The summed E-state index contributed by atoms with van der Waals surface area (Å²) in [5.41, 5.74) is 7.46. The molecule has 0 unspecified atom stereocenters. The van der Waals surface area contributed by atoms with Crippen molar-refractivity contribution in [3.05, 3.63) is 89.4 Å². The number of aromatic nitrogens is 5. The van der Waals surface area contributed by atoms with Crippen molar-refractivity contribution in [3.8, 4) is 11.5 Å². The topological polar surface area (TPSA) is 85.6 Å². The highest BCUT2D eigenvalue weighted by Crippen LogP contribution is 2.35. The Balaban J connectivity index is 1.61. The Hall–Kier alpha value is -4.09. The molecule has 5 rings (SSSR count). The van der Waals surface area contributed by atoms with Crippen LogP contribution in [0.3, 0.4) is 0 Å². The number of imidazole rings is 1. The van der Waals surface area contributed by atoms with Crippen LogP contribution in [0, 0.1) is 20.8 Å². The molecule has 37 heavy (non-hydrogen) atoms. The molecule has 0 atom stereocenters. The van der Waals surface area contributed by atoms with Crippen molar-refractivity contribution in [1.82, 2.24) is 24.5 Å². The third-order valence-corrected chi connectivity index (χ3v) is 7.80. The fourth-order valence-electron chi connectivity index (χ4n) is 4.17. The Labute approximate surface area is 216 Å². The number of nitrogens with one attached hydrogen (secondary N) is 1. The molecular formula is C29H29N6OP. The third kappa shape index (κ3) is 5.23. The summed E-state index contributed by atoms with van der Waals surface area (Å²) < 4.78 is 14.3. The van der Waals surface area contributed by atoms with E-state index in [-0.39, 0.29) is 0 Å². The standard InChI is InChI=1S/C29H29N6OP/c1-19-13-15-30-25(17-19)27-33-28(32-22-9-11-23(12-10-22)37(4,5)36)26-29(34-27)35(18-31-26)16-14-24-20(2)7-6-8-21(24)3/h6-18H,1-5H3,(H,32,33,34). The van der Waals surface area contributed by atoms with Gasteiger partial charge in [-0.3, -0.25) is 9.55 Å². The van der Waals surface area contributed by atoms with E-state index < -0.39 is 7.14 Å². The molecule has 0 saturated carbocycles. The highest BCUT2D eigenvalue weighted by Gasteiger charge is 2.16. The molecule has 0 aliphatic rings. The maximum absolute atomic E-state index is 12.4. The predicted octanol–water partition coefficient (Wildman–Crippen LogP) is 6.43. The maximum Gasteiger partial charge on any atom is 0.182 e. The Bertz CT molecular complexity index is 1660. The molecular weight excluding hydrogens is 479 g/mol. The summed E-state index contributed by atoms with van der Waals surface area (Å²) in [6, 6.07) is 17.8. The average molecular weight is 509 g/mol. The lowest BCUT2D eigenvalue weighted by atomic mass is 10.0. The van der Waals surface area contributed by atoms with Crippen molar-refractivity contribution >= 4 is 47.4 Å². The number of fused-ring (bicyclic) bond motifs is 1. The third-order valence-electron chi connectivity index (χ3n) is 6.26. The lowest BCUT2D eigenvalue weighted by Gasteiger charge is -2.11. The molecule has 1 N–H and O–H groups in total. The molecule has 3 aromatic heterocycles. The monoisotopic (exact) mass is 508 g/mol. The molecule has 3 heterocycles. The molecule has 0 aliphatic heterocycles. The average Bonchev–Trinajstić information content (AvgIpc) is 3.27. The van der Waals surface area contributed by atoms with Crippen LogP contribution in [0.25, 0.3) is 35.0 Å². The Morgan fingerprint density at radius 2 is 1.65 bits per heavy atom. The minimum Gasteiger partial charge on any atom is -0.338 e. The number of pyridine rings is 1. The van der Waals surface area contributed by atoms with Crippen molar-refractivity contribution in [2.24, 2.45) is 0 Å². The first kappa shape index (κ1) is 24.6. The van der Waals surface area contributed by atoms with E-state index in [2.05, 4.69) is 53.4 Å². The number of hydrogen-bond donors (Lipinski definition) is 1. The molecule has 0 radical (unpaired) electrons. The molecule has 2 aromatic carbocycles. The van der Waals surface area contributed by atoms with Gasteiger partial charge in [-0.1, -0.05) is 18.2 Å². The van der Waals surface area contributed by atoms with E-state index >= 15 is 0 Å². The van der Waals surface area contributed by atoms with Gasteiger partial charge in [0.05, 0.1) is 0 Å². The largest absolute Gasteiger partial charge is 0.338 e. The zero-order chi connectivity index (χ0) is 26.2. The van der Waals surface area contributed by atoms with Crippen LogP contribution in [0.15, 0.2) is 67.1 Å². The van der Waals surface area contributed by atoms with Crippen LogP contribution in [0.5, 0.6) is 0 Å². The summed E-state index contributed by atoms with van der Waals surface area (Å²) in [6.07, 6.45) is 7.56. The SMILES string of the molecule is Cc1ccnc(-c2nc(Nc3ccc(P(C)(C)=O)cc3)c3ncn(C=Cc4c(C)cccc4C)c3n2)c1. The molecule has 5 aromatic rings. The Kier molecular flexibility index (Phi) is 6.48. The molecule has 0 fully saturated rings. The first-order valence-electron chi connectivity index (χ1n) is 12.0. The number of anilines is 2. The van der Waals surface area contributed by atoms with Gasteiger partial charge in [0.1, 0.15) is 19.2 Å². The van der Waals surface area contributed by atoms with Gasteiger partial charge in [-0.05, 0) is 98.8 Å². The normalized spacial score (nSPS) is 11.9. The number of benzene rings is 2. The molecule has 0 saturated heterocycles. The minimum atomic E-state index is -2.33. The van der Waals surface area contributed by atoms with Crippen LogP contribution >= 0.6 is 7.14 Å². The second-order valence-corrected chi connectivity index (χ2v) is 12.8. The molecule has 186 valence electrons. The van der Waals surface area contributed by atoms with E-state index in [4.69, 9.17) is 9.97 Å². The van der Waals surface area contributed by atoms with Crippen LogP contribution in [-0.2, 0) is 4.57 Å². The van der Waals surface area contributed by atoms with Gasteiger partial charge in [-0.25, -0.2) is 15.0 Å². The summed E-state index contributed by atoms with van der Waals surface area (Å²) in [5, 5.41) is 4.22. The van der Waals surface area contributed by atoms with Crippen LogP contribution in [-0.4, -0.2) is 37.8 Å². The van der Waals surface area contributed by atoms with Gasteiger partial charge < -0.3 is 9.88 Å². The Morgan fingerprint density at radius 3 is 2.32 bits per heavy atom. The summed E-state index contributed by atoms with van der Waals surface area (Å²) in [5.74, 6) is 1.08. The van der Waals surface area contributed by atoms with E-state index in [0.717, 1.165) is 16.6 Å². The van der Waals surface area contributed by atoms with Gasteiger partial charge in [0.2, 0.25) is 0 Å². The van der Waals surface area contributed by atoms with E-state index in [1.165, 1.54) is 16.7 Å². The molecule has 0 bridgehead atoms. The van der Waals surface area contributed by atoms with E-state index in [0.29, 0.717) is 28.5 Å². The van der Waals surface area contributed by atoms with Crippen molar-refractivity contribution in [2.75, 3.05) is 18.6 Å². The first-order valence-corrected chi connectivity index (χ1v) is 14.6. The molecule has 8 heteroatoms. The summed E-state index contributed by atoms with van der Waals surface area (Å²) in [6.45, 7) is 9.76. The lowest BCUT2D eigenvalue weighted by molar-refractivity contribution is 0.588. The van der Waals surface area contributed by atoms with Gasteiger partial charge in [0, 0.05) is 23.4 Å². The number of hydrogen-bond acceptors (Lipinski definition) is 6. The molecule has 7 nitrogen and oxygen atoms in total. The second-order valence-electron chi connectivity index (χ2n) is 9.58. The summed E-state index contributed by atoms with van der Waals surface area (Å²) >= 11 is 0. The van der Waals surface area contributed by atoms with Crippen molar-refractivity contribution < 1.29 is 4.57 Å². The van der Waals surface area contributed by atoms with Gasteiger partial charge in [-0.15, -0.1) is 0 Å². The van der Waals surface area contributed by atoms with Crippen LogP contribution < -0.4 is 10.6 Å². The lowest BCUT2D eigenvalue weighted by Crippen LogP contribution is -2.04. The number of rotatable bonds is 6. The van der Waals surface area contributed by atoms with Gasteiger partial charge >= 0.3 is 0 Å². The fourth-order valence-corrected chi connectivity index (χ4v) is 5.04. The predicted molar refractivity (Wildman–Crippen MR) is 153 cm³/mol. The van der Waals surface area contributed by atoms with Gasteiger partial charge in [0.15, 0.2) is 22.8 Å². The van der Waals surface area contributed by atoms with Gasteiger partial charge in [0.25, 0.3) is 0 Å². The first-order chi connectivity index (χ1) is 17.7. The zero-order valence-electron chi connectivity index (χ0n) is 21.6. The highest BCUT2D eigenvalue weighted by atomic mass is 31.2. The zero-order valence-corrected chi connectivity index (χ0v) is 22.5. The number of nitrogens with zero attached hydrogens (tertiary/aromatic N) is 5. The molecule has 0 aliphatic carbocycles. The van der Waals surface area contributed by atoms with Crippen molar-refractivity contribution in [2.45, 2.75) is 20.8 Å². The summed E-state index contributed by atoms with van der Waals surface area (Å²) in [7, 11) is -2.33. The van der Waals surface area contributed by atoms with E-state index in [1.807, 2.05) is 54.1 Å². The fraction of sp³-hybridized carbons (Fsp3) is 0.172. The van der Waals surface area contributed by atoms with Crippen molar-refractivity contribution in [1.29, 1.82) is 0 Å². The van der Waals surface area contributed by atoms with E-state index in [1.54, 1.807) is 25.9 Å². The van der Waals surface area contributed by atoms with Crippen LogP contribution in [0.2, 0.25) is 0 Å². The second kappa shape index (κ2) is 9.75. The smallest absolute Gasteiger partial charge is 0.182 e. The molecule has 0 amide bonds. The van der Waals surface area contributed by atoms with Crippen LogP contribution in [0.1, 0.15) is 22.3 Å². The van der Waals surface area contributed by atoms with Gasteiger partial charge in [-0.2, -0.15) is 0 Å². The van der Waals surface area contributed by atoms with E-state index in [9.17, 15) is 4.57 Å². The maximum atomic E-state index is 12.4. The highest BCUT2D eigenvalue weighted by molar-refractivity contribution is 7.70. The number of aryl methyl sites for hydroxylation is 3. The Morgan fingerprint density at radius 1 is 0.919 bits per heavy atom.